The molecule has 1 aromatic carbocycles. The van der Waals surface area contributed by atoms with Gasteiger partial charge in [-0.05, 0) is 26.0 Å². The van der Waals surface area contributed by atoms with E-state index in [1.54, 1.807) is 0 Å². The second-order valence-corrected chi connectivity index (χ2v) is 3.71. The summed E-state index contributed by atoms with van der Waals surface area (Å²) in [6.07, 6.45) is 0. The molecule has 0 bridgehead atoms. The minimum absolute atomic E-state index is 0.0889. The Morgan fingerprint density at radius 2 is 1.62 bits per heavy atom. The first-order chi connectivity index (χ1) is 7.67. The Hall–Kier alpha value is -1.18. The highest BCUT2D eigenvalue weighted by atomic mass is 16.5. The average molecular weight is 223 g/mol. The third-order valence-corrected chi connectivity index (χ3v) is 1.98. The maximum Gasteiger partial charge on any atom is 0.143 e. The Bertz CT molecular complexity index is 295. The number of rotatable bonds is 0. The van der Waals surface area contributed by atoms with Crippen molar-refractivity contribution < 1.29 is 4.74 Å². The molecule has 0 spiro atoms. The van der Waals surface area contributed by atoms with Crippen LogP contribution in [0.1, 0.15) is 41.5 Å². The Kier molecular flexibility index (Phi) is 6.63. The summed E-state index contributed by atoms with van der Waals surface area (Å²) in [5, 5.41) is 3.33. The van der Waals surface area contributed by atoms with Gasteiger partial charge in [0.05, 0.1) is 12.2 Å². The molecule has 1 heterocycles. The van der Waals surface area contributed by atoms with E-state index in [9.17, 15) is 0 Å². The summed E-state index contributed by atoms with van der Waals surface area (Å²) in [7, 11) is 0. The molecule has 1 N–H and O–H groups in total. The van der Waals surface area contributed by atoms with Crippen molar-refractivity contribution in [1.29, 1.82) is 0 Å². The van der Waals surface area contributed by atoms with Crippen LogP contribution in [-0.4, -0.2) is 12.1 Å². The summed E-state index contributed by atoms with van der Waals surface area (Å²) in [6, 6.07) is 8.02. The van der Waals surface area contributed by atoms with Gasteiger partial charge in [0.2, 0.25) is 0 Å². The van der Waals surface area contributed by atoms with Crippen LogP contribution in [0.2, 0.25) is 0 Å². The first kappa shape index (κ1) is 14.8. The van der Waals surface area contributed by atoms with E-state index in [0.717, 1.165) is 18.0 Å². The van der Waals surface area contributed by atoms with Crippen molar-refractivity contribution in [3.05, 3.63) is 24.3 Å². The van der Waals surface area contributed by atoms with Gasteiger partial charge in [-0.1, -0.05) is 39.8 Å². The zero-order valence-corrected chi connectivity index (χ0v) is 11.4. The highest BCUT2D eigenvalue weighted by Crippen LogP contribution is 2.31. The standard InChI is InChI=1S/C10H13NO.2C2H6/c1-10(2)7-11-8-5-3-4-6-9(8)12-10;2*1-2/h3-6,11H,7H2,1-2H3;2*1-2H3. The number of para-hydroxylation sites is 2. The van der Waals surface area contributed by atoms with Crippen molar-refractivity contribution in [2.24, 2.45) is 0 Å². The summed E-state index contributed by atoms with van der Waals surface area (Å²) in [5.41, 5.74) is 1.01. The van der Waals surface area contributed by atoms with Gasteiger partial charge in [-0.15, -0.1) is 0 Å². The Morgan fingerprint density at radius 3 is 2.25 bits per heavy atom. The van der Waals surface area contributed by atoms with Gasteiger partial charge in [0, 0.05) is 0 Å². The van der Waals surface area contributed by atoms with Gasteiger partial charge in [0.25, 0.3) is 0 Å². The molecule has 2 rings (SSSR count). The summed E-state index contributed by atoms with van der Waals surface area (Å²) < 4.78 is 5.76. The van der Waals surface area contributed by atoms with Crippen LogP contribution >= 0.6 is 0 Å². The van der Waals surface area contributed by atoms with Gasteiger partial charge >= 0.3 is 0 Å². The van der Waals surface area contributed by atoms with E-state index >= 15 is 0 Å². The van der Waals surface area contributed by atoms with Gasteiger partial charge in [-0.2, -0.15) is 0 Å². The lowest BCUT2D eigenvalue weighted by molar-refractivity contribution is 0.116. The van der Waals surface area contributed by atoms with Crippen LogP contribution in [0, 0.1) is 0 Å². The van der Waals surface area contributed by atoms with Gasteiger partial charge in [0.1, 0.15) is 11.4 Å². The molecule has 0 aliphatic carbocycles. The Morgan fingerprint density at radius 1 is 1.06 bits per heavy atom. The Balaban J connectivity index is 0.000000509. The van der Waals surface area contributed by atoms with Crippen LogP contribution < -0.4 is 10.1 Å². The lowest BCUT2D eigenvalue weighted by Gasteiger charge is -2.33. The fraction of sp³-hybridized carbons (Fsp3) is 0.571. The molecule has 0 fully saturated rings. The maximum absolute atomic E-state index is 5.76. The molecule has 1 aliphatic rings. The number of ether oxygens (including phenoxy) is 1. The molecular weight excluding hydrogens is 198 g/mol. The quantitative estimate of drug-likeness (QED) is 0.707. The summed E-state index contributed by atoms with van der Waals surface area (Å²) in [6.45, 7) is 13.0. The molecule has 92 valence electrons. The first-order valence-electron chi connectivity index (χ1n) is 6.19. The van der Waals surface area contributed by atoms with E-state index in [2.05, 4.69) is 19.2 Å². The number of anilines is 1. The maximum atomic E-state index is 5.76. The number of hydrogen-bond donors (Lipinski definition) is 1. The van der Waals surface area contributed by atoms with Crippen LogP contribution in [0.5, 0.6) is 5.75 Å². The topological polar surface area (TPSA) is 21.3 Å². The smallest absolute Gasteiger partial charge is 0.143 e. The fourth-order valence-electron chi connectivity index (χ4n) is 1.34. The summed E-state index contributed by atoms with van der Waals surface area (Å²) in [5.74, 6) is 0.953. The number of benzene rings is 1. The predicted octanol–water partition coefficient (Wildman–Crippen LogP) is 4.32. The average Bonchev–Trinajstić information content (AvgIpc) is 2.33. The van der Waals surface area contributed by atoms with E-state index in [1.165, 1.54) is 0 Å². The van der Waals surface area contributed by atoms with E-state index in [-0.39, 0.29) is 5.60 Å². The lowest BCUT2D eigenvalue weighted by Crippen LogP contribution is -2.39. The third kappa shape index (κ3) is 4.13. The van der Waals surface area contributed by atoms with Crippen molar-refractivity contribution in [3.63, 3.8) is 0 Å². The van der Waals surface area contributed by atoms with Crippen LogP contribution in [0.25, 0.3) is 0 Å². The summed E-state index contributed by atoms with van der Waals surface area (Å²) >= 11 is 0. The molecule has 0 amide bonds. The molecule has 0 aromatic heterocycles. The Labute approximate surface area is 100 Å². The highest BCUT2D eigenvalue weighted by Gasteiger charge is 2.25. The third-order valence-electron chi connectivity index (χ3n) is 1.98. The van der Waals surface area contributed by atoms with Crippen molar-refractivity contribution in [2.45, 2.75) is 47.1 Å². The molecule has 1 aromatic rings. The fourth-order valence-corrected chi connectivity index (χ4v) is 1.34. The van der Waals surface area contributed by atoms with E-state index in [4.69, 9.17) is 4.74 Å². The molecule has 0 saturated heterocycles. The first-order valence-corrected chi connectivity index (χ1v) is 6.19. The van der Waals surface area contributed by atoms with Crippen LogP contribution in [0.4, 0.5) is 5.69 Å². The monoisotopic (exact) mass is 223 g/mol. The minimum atomic E-state index is -0.0889. The molecule has 1 aliphatic heterocycles. The SMILES string of the molecule is CC.CC.CC1(C)CNc2ccccc2O1. The largest absolute Gasteiger partial charge is 0.484 e. The van der Waals surface area contributed by atoms with Crippen molar-refractivity contribution in [3.8, 4) is 5.75 Å². The molecule has 0 radical (unpaired) electrons. The molecule has 0 unspecified atom stereocenters. The normalized spacial score (nSPS) is 14.9. The number of fused-ring (bicyclic) bond motifs is 1. The zero-order valence-electron chi connectivity index (χ0n) is 11.4. The lowest BCUT2D eigenvalue weighted by atomic mass is 10.1. The second-order valence-electron chi connectivity index (χ2n) is 3.71. The van der Waals surface area contributed by atoms with E-state index in [1.807, 2.05) is 52.0 Å². The highest BCUT2D eigenvalue weighted by molar-refractivity contribution is 5.58. The van der Waals surface area contributed by atoms with E-state index < -0.39 is 0 Å². The van der Waals surface area contributed by atoms with Gasteiger partial charge < -0.3 is 10.1 Å². The minimum Gasteiger partial charge on any atom is -0.484 e. The predicted molar refractivity (Wildman–Crippen MR) is 72.3 cm³/mol. The molecular formula is C14H25NO. The second kappa shape index (κ2) is 7.15. The van der Waals surface area contributed by atoms with Crippen molar-refractivity contribution in [1.82, 2.24) is 0 Å². The van der Waals surface area contributed by atoms with Crippen LogP contribution in [0.3, 0.4) is 0 Å². The van der Waals surface area contributed by atoms with Gasteiger partial charge in [-0.3, -0.25) is 0 Å². The molecule has 0 atom stereocenters. The molecule has 2 heteroatoms. The van der Waals surface area contributed by atoms with Gasteiger partial charge in [0.15, 0.2) is 0 Å². The van der Waals surface area contributed by atoms with E-state index in [0.29, 0.717) is 0 Å². The van der Waals surface area contributed by atoms with Gasteiger partial charge in [-0.25, -0.2) is 0 Å². The molecule has 2 nitrogen and oxygen atoms in total. The van der Waals surface area contributed by atoms with Crippen molar-refractivity contribution >= 4 is 5.69 Å². The summed E-state index contributed by atoms with van der Waals surface area (Å²) in [4.78, 5) is 0. The van der Waals surface area contributed by atoms with Crippen LogP contribution in [-0.2, 0) is 0 Å². The zero-order chi connectivity index (χ0) is 12.6. The number of hydrogen-bond acceptors (Lipinski definition) is 2. The number of nitrogens with one attached hydrogen (secondary N) is 1. The molecule has 0 saturated carbocycles. The van der Waals surface area contributed by atoms with Crippen molar-refractivity contribution in [2.75, 3.05) is 11.9 Å². The molecule has 16 heavy (non-hydrogen) atoms. The van der Waals surface area contributed by atoms with Crippen LogP contribution in [0.15, 0.2) is 24.3 Å².